The van der Waals surface area contributed by atoms with Gasteiger partial charge in [0.25, 0.3) is 0 Å². The number of hydrogen-bond acceptors (Lipinski definition) is 7. The van der Waals surface area contributed by atoms with E-state index in [1.807, 2.05) is 0 Å². The van der Waals surface area contributed by atoms with E-state index in [0.717, 1.165) is 0 Å². The molecule has 2 heterocycles. The summed E-state index contributed by atoms with van der Waals surface area (Å²) in [6.45, 7) is 2.05. The van der Waals surface area contributed by atoms with Gasteiger partial charge >= 0.3 is 15.9 Å². The van der Waals surface area contributed by atoms with Gasteiger partial charge < -0.3 is 24.8 Å². The standard InChI is InChI=1S/C9H14N5O4P.HO3P/c1-6(18-5-19(15,16)17)2-14-4-13-7-8(10)11-3-12-9(7)14;1-4(2)3/h3-4,6H,2,5H2,1H3,(H2,10,11,12)(H2,15,16,17);(H-,1,2,3)/p+1/t6-;/m1./s1. The van der Waals surface area contributed by atoms with Crippen molar-refractivity contribution in [1.29, 1.82) is 0 Å². The fourth-order valence-corrected chi connectivity index (χ4v) is 2.04. The molecule has 0 saturated carbocycles. The van der Waals surface area contributed by atoms with Crippen LogP contribution in [0.25, 0.3) is 11.2 Å². The van der Waals surface area contributed by atoms with Gasteiger partial charge in [0.05, 0.1) is 19.0 Å². The molecular weight excluding hydrogens is 352 g/mol. The molecule has 128 valence electrons. The quantitative estimate of drug-likeness (QED) is 0.430. The van der Waals surface area contributed by atoms with E-state index in [4.69, 9.17) is 34.6 Å². The third-order valence-electron chi connectivity index (χ3n) is 2.41. The van der Waals surface area contributed by atoms with Crippen molar-refractivity contribution in [2.75, 3.05) is 12.1 Å². The Bertz CT molecular complexity index is 713. The lowest BCUT2D eigenvalue weighted by atomic mass is 10.4. The van der Waals surface area contributed by atoms with Crippen LogP contribution in [0, 0.1) is 0 Å². The van der Waals surface area contributed by atoms with Crippen molar-refractivity contribution in [3.8, 4) is 0 Å². The molecule has 0 aromatic carbocycles. The van der Waals surface area contributed by atoms with Crippen LogP contribution in [0.2, 0.25) is 0 Å². The zero-order valence-electron chi connectivity index (χ0n) is 11.9. The first kappa shape index (κ1) is 19.5. The van der Waals surface area contributed by atoms with Crippen LogP contribution >= 0.6 is 15.9 Å². The molecular formula is C9H16N5O7P2+. The van der Waals surface area contributed by atoms with Gasteiger partial charge in [-0.25, -0.2) is 15.0 Å². The predicted molar refractivity (Wildman–Crippen MR) is 79.2 cm³/mol. The molecule has 1 atom stereocenters. The minimum absolute atomic E-state index is 0.285. The summed E-state index contributed by atoms with van der Waals surface area (Å²) in [5.74, 6) is 0.285. The molecule has 0 unspecified atom stereocenters. The fourth-order valence-electron chi connectivity index (χ4n) is 1.59. The van der Waals surface area contributed by atoms with E-state index in [2.05, 4.69) is 15.0 Å². The van der Waals surface area contributed by atoms with Crippen molar-refractivity contribution >= 4 is 32.8 Å². The summed E-state index contributed by atoms with van der Waals surface area (Å²) < 4.78 is 26.2. The van der Waals surface area contributed by atoms with Crippen molar-refractivity contribution < 1.29 is 33.4 Å². The second-order valence-electron chi connectivity index (χ2n) is 4.35. The zero-order chi connectivity index (χ0) is 17.6. The Morgan fingerprint density at radius 2 is 2.00 bits per heavy atom. The summed E-state index contributed by atoms with van der Waals surface area (Å²) in [5, 5.41) is 0. The number of nitrogens with two attached hydrogens (primary N) is 1. The molecule has 0 spiro atoms. The summed E-state index contributed by atoms with van der Waals surface area (Å²) in [7, 11) is -7.03. The minimum Gasteiger partial charge on any atom is -0.382 e. The average molecular weight is 368 g/mol. The van der Waals surface area contributed by atoms with Gasteiger partial charge in [-0.05, 0) is 6.92 Å². The maximum Gasteiger partial charge on any atom is 0.692 e. The van der Waals surface area contributed by atoms with Gasteiger partial charge in [0, 0.05) is 4.57 Å². The van der Waals surface area contributed by atoms with E-state index in [-0.39, 0.29) is 5.82 Å². The van der Waals surface area contributed by atoms with Crippen molar-refractivity contribution in [1.82, 2.24) is 19.5 Å². The molecule has 14 heteroatoms. The summed E-state index contributed by atoms with van der Waals surface area (Å²) >= 11 is 0. The van der Waals surface area contributed by atoms with Crippen LogP contribution in [0.1, 0.15) is 6.92 Å². The molecule has 12 nitrogen and oxygen atoms in total. The Labute approximate surface area is 131 Å². The number of anilines is 1. The number of hydrogen-bond donors (Lipinski definition) is 5. The Morgan fingerprint density at radius 1 is 1.39 bits per heavy atom. The van der Waals surface area contributed by atoms with E-state index in [1.54, 1.807) is 11.5 Å². The van der Waals surface area contributed by atoms with Crippen molar-refractivity contribution in [3.63, 3.8) is 0 Å². The van der Waals surface area contributed by atoms with Crippen LogP contribution < -0.4 is 5.73 Å². The van der Waals surface area contributed by atoms with Gasteiger partial charge in [0.15, 0.2) is 11.5 Å². The lowest BCUT2D eigenvalue weighted by Gasteiger charge is -2.14. The second-order valence-corrected chi connectivity index (χ2v) is 6.44. The Hall–Kier alpha value is -1.52. The number of nitrogen functional groups attached to an aromatic ring is 1. The molecule has 0 radical (unpaired) electrons. The van der Waals surface area contributed by atoms with Crippen LogP contribution in [0.5, 0.6) is 0 Å². The highest BCUT2D eigenvalue weighted by Crippen LogP contribution is 2.34. The first-order valence-corrected chi connectivity index (χ1v) is 8.99. The van der Waals surface area contributed by atoms with E-state index < -0.39 is 28.3 Å². The highest BCUT2D eigenvalue weighted by Gasteiger charge is 2.16. The molecule has 2 aromatic rings. The number of ether oxygens (including phenoxy) is 1. The van der Waals surface area contributed by atoms with Crippen molar-refractivity contribution in [2.24, 2.45) is 0 Å². The Morgan fingerprint density at radius 3 is 2.57 bits per heavy atom. The number of rotatable bonds is 5. The molecule has 0 amide bonds. The summed E-state index contributed by atoms with van der Waals surface area (Å²) in [6.07, 6.45) is 1.85. The maximum absolute atomic E-state index is 10.7. The molecule has 0 aliphatic carbocycles. The summed E-state index contributed by atoms with van der Waals surface area (Å²) in [4.78, 5) is 43.7. The minimum atomic E-state index is -4.16. The van der Waals surface area contributed by atoms with Gasteiger partial charge in [-0.1, -0.05) is 0 Å². The SMILES string of the molecule is C[C@H](Cn1cnc2c(N)ncnc21)OCP(=O)(O)O.O=[P+](O)O. The smallest absolute Gasteiger partial charge is 0.382 e. The normalized spacial score (nSPS) is 12.6. The molecule has 0 aliphatic rings. The highest BCUT2D eigenvalue weighted by atomic mass is 31.2. The number of fused-ring (bicyclic) bond motifs is 1. The third kappa shape index (κ3) is 7.06. The number of aromatic nitrogens is 4. The largest absolute Gasteiger partial charge is 0.692 e. The monoisotopic (exact) mass is 368 g/mol. The molecule has 2 rings (SSSR count). The molecule has 23 heavy (non-hydrogen) atoms. The summed E-state index contributed by atoms with van der Waals surface area (Å²) in [6, 6.07) is 0. The van der Waals surface area contributed by atoms with E-state index in [9.17, 15) is 4.57 Å². The van der Waals surface area contributed by atoms with Gasteiger partial charge in [-0.3, -0.25) is 4.57 Å². The average Bonchev–Trinajstić information content (AvgIpc) is 2.80. The van der Waals surface area contributed by atoms with E-state index in [1.165, 1.54) is 12.7 Å². The lowest BCUT2D eigenvalue weighted by molar-refractivity contribution is 0.0764. The number of nitrogens with zero attached hydrogens (tertiary/aromatic N) is 4. The molecule has 0 fully saturated rings. The van der Waals surface area contributed by atoms with Gasteiger partial charge in [-0.15, -0.1) is 9.79 Å². The third-order valence-corrected chi connectivity index (χ3v) is 2.90. The number of imidazole rings is 1. The summed E-state index contributed by atoms with van der Waals surface area (Å²) in [5.41, 5.74) is 6.70. The van der Waals surface area contributed by atoms with Gasteiger partial charge in [-0.2, -0.15) is 0 Å². The topological polar surface area (TPSA) is 194 Å². The van der Waals surface area contributed by atoms with Gasteiger partial charge in [0.2, 0.25) is 0 Å². The molecule has 0 bridgehead atoms. The van der Waals surface area contributed by atoms with Crippen LogP contribution in [0.15, 0.2) is 12.7 Å². The molecule has 2 aromatic heterocycles. The first-order chi connectivity index (χ1) is 10.6. The van der Waals surface area contributed by atoms with Crippen LogP contribution in [0.3, 0.4) is 0 Å². The lowest BCUT2D eigenvalue weighted by Crippen LogP contribution is -2.17. The molecule has 0 aliphatic heterocycles. The first-order valence-electron chi connectivity index (χ1n) is 6.02. The van der Waals surface area contributed by atoms with Gasteiger partial charge in [0.1, 0.15) is 18.2 Å². The van der Waals surface area contributed by atoms with Crippen LogP contribution in [-0.4, -0.2) is 51.5 Å². The second kappa shape index (κ2) is 8.37. The van der Waals surface area contributed by atoms with Crippen molar-refractivity contribution in [2.45, 2.75) is 19.6 Å². The van der Waals surface area contributed by atoms with E-state index >= 15 is 0 Å². The predicted octanol–water partition coefficient (Wildman–Crippen LogP) is -0.423. The molecule has 0 saturated heterocycles. The van der Waals surface area contributed by atoms with Crippen molar-refractivity contribution in [3.05, 3.63) is 12.7 Å². The van der Waals surface area contributed by atoms with Crippen LogP contribution in [-0.2, 0) is 20.4 Å². The van der Waals surface area contributed by atoms with E-state index in [0.29, 0.717) is 17.7 Å². The fraction of sp³-hybridized carbons (Fsp3) is 0.444. The highest BCUT2D eigenvalue weighted by molar-refractivity contribution is 7.51. The van der Waals surface area contributed by atoms with Crippen LogP contribution in [0.4, 0.5) is 5.82 Å². The zero-order valence-corrected chi connectivity index (χ0v) is 13.7. The maximum atomic E-state index is 10.7. The Kier molecular flexibility index (Phi) is 7.10. The molecule has 6 N–H and O–H groups in total. The Balaban J connectivity index is 0.000000593.